The Labute approximate surface area is 122 Å². The summed E-state index contributed by atoms with van der Waals surface area (Å²) in [7, 11) is -3.49. The van der Waals surface area contributed by atoms with Gasteiger partial charge in [0.2, 0.25) is 15.9 Å². The van der Waals surface area contributed by atoms with E-state index in [1.807, 2.05) is 18.6 Å². The Morgan fingerprint density at radius 1 is 0.950 bits per heavy atom. The number of ether oxygens (including phenoxy) is 2. The van der Waals surface area contributed by atoms with Crippen LogP contribution in [-0.2, 0) is 24.3 Å². The van der Waals surface area contributed by atoms with E-state index in [0.717, 1.165) is 19.3 Å². The second kappa shape index (κ2) is 12.1. The van der Waals surface area contributed by atoms with Gasteiger partial charge in [-0.1, -0.05) is 26.7 Å². The molecule has 0 unspecified atom stereocenters. The number of hydrogen-bond acceptors (Lipinski definition) is 5. The summed E-state index contributed by atoms with van der Waals surface area (Å²) in [5.41, 5.74) is 0. The predicted octanol–water partition coefficient (Wildman–Crippen LogP) is 1.46. The van der Waals surface area contributed by atoms with Gasteiger partial charge in [0.25, 0.3) is 0 Å². The minimum atomic E-state index is -3.49. The van der Waals surface area contributed by atoms with E-state index >= 15 is 0 Å². The normalized spacial score (nSPS) is 11.5. The number of carbonyl (C=O) groups is 1. The third kappa shape index (κ3) is 12.4. The molecule has 20 heavy (non-hydrogen) atoms. The van der Waals surface area contributed by atoms with Crippen molar-refractivity contribution in [3.63, 3.8) is 0 Å². The average Bonchev–Trinajstić information content (AvgIpc) is 2.37. The van der Waals surface area contributed by atoms with Gasteiger partial charge >= 0.3 is 0 Å². The molecular weight excluding hydrogens is 282 g/mol. The summed E-state index contributed by atoms with van der Waals surface area (Å²) < 4.78 is 35.5. The highest BCUT2D eigenvalue weighted by Gasteiger charge is 2.13. The number of rotatable bonds is 13. The summed E-state index contributed by atoms with van der Waals surface area (Å²) in [5.74, 6) is -0.519. The summed E-state index contributed by atoms with van der Waals surface area (Å²) >= 11 is 0. The second-order valence-electron chi connectivity index (χ2n) is 4.53. The lowest BCUT2D eigenvalue weighted by Crippen LogP contribution is -2.33. The lowest BCUT2D eigenvalue weighted by Gasteiger charge is -2.07. The van der Waals surface area contributed by atoms with Crippen LogP contribution in [0.2, 0.25) is 0 Å². The molecule has 0 rings (SSSR count). The minimum absolute atomic E-state index is 0.00169. The topological polar surface area (TPSA) is 81.7 Å². The minimum Gasteiger partial charge on any atom is -0.379 e. The molecule has 0 aromatic rings. The van der Waals surface area contributed by atoms with E-state index in [9.17, 15) is 13.2 Å². The summed E-state index contributed by atoms with van der Waals surface area (Å²) in [5, 5.41) is 0. The molecule has 1 N–H and O–H groups in total. The average molecular weight is 309 g/mol. The van der Waals surface area contributed by atoms with E-state index in [1.165, 1.54) is 0 Å². The Bertz CT molecular complexity index is 343. The molecule has 0 aromatic carbocycles. The molecule has 0 bridgehead atoms. The van der Waals surface area contributed by atoms with Crippen LogP contribution in [0.3, 0.4) is 0 Å². The highest BCUT2D eigenvalue weighted by atomic mass is 32.2. The molecule has 6 nitrogen and oxygen atoms in total. The molecule has 0 saturated heterocycles. The van der Waals surface area contributed by atoms with Crippen molar-refractivity contribution >= 4 is 15.9 Å². The van der Waals surface area contributed by atoms with Crippen LogP contribution in [-0.4, -0.2) is 46.5 Å². The number of amides is 1. The lowest BCUT2D eigenvalue weighted by molar-refractivity contribution is -0.120. The van der Waals surface area contributed by atoms with Crippen molar-refractivity contribution in [2.45, 2.75) is 46.0 Å². The van der Waals surface area contributed by atoms with E-state index in [1.54, 1.807) is 0 Å². The number of nitrogens with one attached hydrogen (secondary N) is 1. The number of hydrogen-bond donors (Lipinski definition) is 1. The maximum Gasteiger partial charge on any atom is 0.235 e. The van der Waals surface area contributed by atoms with Crippen LogP contribution in [0.15, 0.2) is 0 Å². The smallest absolute Gasteiger partial charge is 0.235 e. The monoisotopic (exact) mass is 309 g/mol. The van der Waals surface area contributed by atoms with Gasteiger partial charge < -0.3 is 9.47 Å². The van der Waals surface area contributed by atoms with Gasteiger partial charge in [-0.3, -0.25) is 9.52 Å². The molecule has 0 aliphatic carbocycles. The molecule has 0 fully saturated rings. The van der Waals surface area contributed by atoms with Gasteiger partial charge in [-0.25, -0.2) is 8.42 Å². The fourth-order valence-electron chi connectivity index (χ4n) is 1.45. The van der Waals surface area contributed by atoms with Gasteiger partial charge in [0.1, 0.15) is 0 Å². The van der Waals surface area contributed by atoms with E-state index < -0.39 is 15.9 Å². The number of unbranched alkanes of at least 4 members (excludes halogenated alkanes) is 2. The third-order valence-electron chi connectivity index (χ3n) is 2.48. The fourth-order valence-corrected chi connectivity index (χ4v) is 2.58. The zero-order valence-electron chi connectivity index (χ0n) is 12.5. The quantitative estimate of drug-likeness (QED) is 0.521. The standard InChI is InChI=1S/C13H27NO5S/c1-3-5-6-12-20(16,17)14-13(15)7-9-19-11-10-18-8-4-2/h3-12H2,1-2H3,(H,14,15). The maximum atomic E-state index is 11.5. The molecule has 0 spiro atoms. The molecule has 1 amide bonds. The first kappa shape index (κ1) is 19.3. The van der Waals surface area contributed by atoms with E-state index in [2.05, 4.69) is 0 Å². The van der Waals surface area contributed by atoms with Crippen molar-refractivity contribution < 1.29 is 22.7 Å². The molecule has 0 aromatic heterocycles. The zero-order valence-corrected chi connectivity index (χ0v) is 13.3. The first-order valence-corrected chi connectivity index (χ1v) is 8.85. The van der Waals surface area contributed by atoms with Crippen molar-refractivity contribution in [3.05, 3.63) is 0 Å². The van der Waals surface area contributed by atoms with Gasteiger partial charge in [0, 0.05) is 6.61 Å². The Morgan fingerprint density at radius 2 is 1.60 bits per heavy atom. The van der Waals surface area contributed by atoms with Gasteiger partial charge in [-0.15, -0.1) is 0 Å². The molecule has 0 radical (unpaired) electrons. The molecule has 7 heteroatoms. The van der Waals surface area contributed by atoms with Crippen molar-refractivity contribution in [2.75, 3.05) is 32.2 Å². The van der Waals surface area contributed by atoms with Crippen LogP contribution in [0, 0.1) is 0 Å². The van der Waals surface area contributed by atoms with Crippen molar-refractivity contribution in [1.29, 1.82) is 0 Å². The van der Waals surface area contributed by atoms with Crippen molar-refractivity contribution in [1.82, 2.24) is 4.72 Å². The summed E-state index contributed by atoms with van der Waals surface area (Å²) in [4.78, 5) is 11.4. The van der Waals surface area contributed by atoms with Gasteiger partial charge in [-0.05, 0) is 12.8 Å². The van der Waals surface area contributed by atoms with Crippen molar-refractivity contribution in [2.24, 2.45) is 0 Å². The van der Waals surface area contributed by atoms with Crippen LogP contribution in [0.4, 0.5) is 0 Å². The first-order valence-electron chi connectivity index (χ1n) is 7.20. The summed E-state index contributed by atoms with van der Waals surface area (Å²) in [6, 6.07) is 0. The van der Waals surface area contributed by atoms with Crippen LogP contribution < -0.4 is 4.72 Å². The molecule has 0 aliphatic rings. The molecular formula is C13H27NO5S. The molecule has 0 atom stereocenters. The second-order valence-corrected chi connectivity index (χ2v) is 6.37. The lowest BCUT2D eigenvalue weighted by atomic mass is 10.3. The Balaban J connectivity index is 3.61. The SMILES string of the molecule is CCCCCS(=O)(=O)NC(=O)CCOCCOCCC. The largest absolute Gasteiger partial charge is 0.379 e. The summed E-state index contributed by atoms with van der Waals surface area (Å²) in [6.07, 6.45) is 3.36. The third-order valence-corrected chi connectivity index (χ3v) is 3.84. The fraction of sp³-hybridized carbons (Fsp3) is 0.923. The van der Waals surface area contributed by atoms with Gasteiger partial charge in [0.05, 0.1) is 32.0 Å². The Hall–Kier alpha value is -0.660. The van der Waals surface area contributed by atoms with Gasteiger partial charge in [-0.2, -0.15) is 0 Å². The summed E-state index contributed by atoms with van der Waals surface area (Å²) in [6.45, 7) is 5.81. The zero-order chi connectivity index (χ0) is 15.3. The Kier molecular flexibility index (Phi) is 11.7. The first-order chi connectivity index (χ1) is 9.52. The Morgan fingerprint density at radius 3 is 2.20 bits per heavy atom. The van der Waals surface area contributed by atoms with Crippen LogP contribution in [0.1, 0.15) is 46.0 Å². The maximum absolute atomic E-state index is 11.5. The highest BCUT2D eigenvalue weighted by molar-refractivity contribution is 7.90. The number of sulfonamides is 1. The molecule has 0 heterocycles. The van der Waals surface area contributed by atoms with E-state index in [0.29, 0.717) is 26.2 Å². The predicted molar refractivity (Wildman–Crippen MR) is 78.0 cm³/mol. The highest BCUT2D eigenvalue weighted by Crippen LogP contribution is 1.98. The van der Waals surface area contributed by atoms with Crippen LogP contribution in [0.25, 0.3) is 0 Å². The van der Waals surface area contributed by atoms with Crippen LogP contribution >= 0.6 is 0 Å². The van der Waals surface area contributed by atoms with Gasteiger partial charge in [0.15, 0.2) is 0 Å². The molecule has 0 saturated carbocycles. The molecule has 0 aliphatic heterocycles. The van der Waals surface area contributed by atoms with E-state index in [4.69, 9.17) is 9.47 Å². The van der Waals surface area contributed by atoms with E-state index in [-0.39, 0.29) is 18.8 Å². The molecule has 120 valence electrons. The van der Waals surface area contributed by atoms with Crippen LogP contribution in [0.5, 0.6) is 0 Å². The van der Waals surface area contributed by atoms with Crippen molar-refractivity contribution in [3.8, 4) is 0 Å². The number of carbonyl (C=O) groups excluding carboxylic acids is 1.